The fourth-order valence-corrected chi connectivity index (χ4v) is 5.87. The highest BCUT2D eigenvalue weighted by Gasteiger charge is 2.22. The van der Waals surface area contributed by atoms with Gasteiger partial charge in [0.15, 0.2) is 0 Å². The van der Waals surface area contributed by atoms with Crippen molar-refractivity contribution < 1.29 is 17.6 Å². The lowest BCUT2D eigenvalue weighted by Gasteiger charge is -2.11. The van der Waals surface area contributed by atoms with Gasteiger partial charge in [-0.15, -0.1) is 11.3 Å². The Bertz CT molecular complexity index is 1690. The molecule has 0 saturated heterocycles. The SMILES string of the molecule is CNc1ccc2c(=O)n(-c3ccc(NC(=O)NS(=O)(=O)c4cc(C)c(Cl)s4)cc3F)c(=O)[nH]c2c1. The molecule has 0 spiro atoms. The first-order chi connectivity index (χ1) is 16.5. The minimum atomic E-state index is -4.20. The fraction of sp³-hybridized carbons (Fsp3) is 0.0952. The summed E-state index contributed by atoms with van der Waals surface area (Å²) in [6.07, 6.45) is 0. The number of aromatic nitrogens is 2. The molecule has 0 aliphatic carbocycles. The van der Waals surface area contributed by atoms with E-state index in [1.807, 2.05) is 4.72 Å². The van der Waals surface area contributed by atoms with Crippen LogP contribution in [0.4, 0.5) is 20.6 Å². The topological polar surface area (TPSA) is 142 Å². The summed E-state index contributed by atoms with van der Waals surface area (Å²) in [4.78, 5) is 40.2. The lowest BCUT2D eigenvalue weighted by molar-refractivity contribution is 0.256. The number of hydrogen-bond acceptors (Lipinski definition) is 7. The molecular formula is C21H17ClFN5O5S2. The van der Waals surface area contributed by atoms with Gasteiger partial charge in [-0.2, -0.15) is 0 Å². The van der Waals surface area contributed by atoms with Crippen LogP contribution in [0.5, 0.6) is 0 Å². The molecule has 2 aromatic carbocycles. The zero-order chi connectivity index (χ0) is 25.5. The van der Waals surface area contributed by atoms with Crippen molar-refractivity contribution in [1.82, 2.24) is 14.3 Å². The summed E-state index contributed by atoms with van der Waals surface area (Å²) in [6, 6.07) is 8.07. The molecule has 182 valence electrons. The maximum atomic E-state index is 14.9. The zero-order valence-electron chi connectivity index (χ0n) is 18.1. The van der Waals surface area contributed by atoms with E-state index in [1.165, 1.54) is 18.2 Å². The smallest absolute Gasteiger partial charge is 0.333 e. The molecule has 0 radical (unpaired) electrons. The Balaban J connectivity index is 1.61. The molecule has 0 saturated carbocycles. The van der Waals surface area contributed by atoms with Crippen molar-refractivity contribution in [3.8, 4) is 5.69 Å². The highest BCUT2D eigenvalue weighted by Crippen LogP contribution is 2.30. The summed E-state index contributed by atoms with van der Waals surface area (Å²) in [6.45, 7) is 1.62. The summed E-state index contributed by atoms with van der Waals surface area (Å²) in [5, 5.41) is 5.26. The van der Waals surface area contributed by atoms with Crippen molar-refractivity contribution in [2.24, 2.45) is 0 Å². The predicted octanol–water partition coefficient (Wildman–Crippen LogP) is 3.39. The van der Waals surface area contributed by atoms with E-state index in [1.54, 1.807) is 26.1 Å². The molecule has 35 heavy (non-hydrogen) atoms. The monoisotopic (exact) mass is 537 g/mol. The summed E-state index contributed by atoms with van der Waals surface area (Å²) in [5.74, 6) is -0.995. The Morgan fingerprint density at radius 1 is 1.11 bits per heavy atom. The number of thiophene rings is 1. The van der Waals surface area contributed by atoms with E-state index in [0.717, 1.165) is 23.5 Å². The molecule has 0 atom stereocenters. The average Bonchev–Trinajstić information content (AvgIpc) is 3.13. The number of nitrogens with zero attached hydrogens (tertiary/aromatic N) is 1. The van der Waals surface area contributed by atoms with Gasteiger partial charge in [0, 0.05) is 18.4 Å². The van der Waals surface area contributed by atoms with Crippen LogP contribution in [-0.2, 0) is 10.0 Å². The van der Waals surface area contributed by atoms with Crippen molar-refractivity contribution in [2.45, 2.75) is 11.1 Å². The number of sulfonamides is 1. The minimum absolute atomic E-state index is 0.108. The van der Waals surface area contributed by atoms with E-state index in [4.69, 9.17) is 11.6 Å². The first kappa shape index (κ1) is 24.4. The number of aromatic amines is 1. The second kappa shape index (κ2) is 9.17. The Morgan fingerprint density at radius 2 is 1.83 bits per heavy atom. The van der Waals surface area contributed by atoms with Crippen LogP contribution in [0.15, 0.2) is 56.3 Å². The van der Waals surface area contributed by atoms with Crippen LogP contribution in [0.2, 0.25) is 4.34 Å². The quantitative estimate of drug-likeness (QED) is 0.307. The minimum Gasteiger partial charge on any atom is -0.388 e. The number of carbonyl (C=O) groups excluding carboxylic acids is 1. The van der Waals surface area contributed by atoms with E-state index < -0.39 is 33.1 Å². The number of fused-ring (bicyclic) bond motifs is 1. The van der Waals surface area contributed by atoms with Gasteiger partial charge in [-0.05, 0) is 55.0 Å². The van der Waals surface area contributed by atoms with Crippen molar-refractivity contribution in [3.05, 3.63) is 79.0 Å². The molecule has 0 unspecified atom stereocenters. The number of H-pyrrole nitrogens is 1. The predicted molar refractivity (Wildman–Crippen MR) is 133 cm³/mol. The van der Waals surface area contributed by atoms with Crippen LogP contribution >= 0.6 is 22.9 Å². The number of amides is 2. The molecule has 0 aliphatic heterocycles. The first-order valence-corrected chi connectivity index (χ1v) is 12.5. The van der Waals surface area contributed by atoms with E-state index in [9.17, 15) is 27.2 Å². The maximum Gasteiger partial charge on any atom is 0.333 e. The van der Waals surface area contributed by atoms with Gasteiger partial charge in [0.2, 0.25) is 0 Å². The number of nitrogens with one attached hydrogen (secondary N) is 4. The number of rotatable bonds is 5. The van der Waals surface area contributed by atoms with Gasteiger partial charge >= 0.3 is 11.7 Å². The Hall–Kier alpha value is -3.68. The van der Waals surface area contributed by atoms with Gasteiger partial charge in [-0.25, -0.2) is 31.7 Å². The van der Waals surface area contributed by atoms with Gasteiger partial charge in [-0.1, -0.05) is 11.6 Å². The summed E-state index contributed by atoms with van der Waals surface area (Å²) < 4.78 is 42.1. The highest BCUT2D eigenvalue weighted by atomic mass is 35.5. The van der Waals surface area contributed by atoms with Crippen LogP contribution < -0.4 is 26.6 Å². The lowest BCUT2D eigenvalue weighted by atomic mass is 10.2. The van der Waals surface area contributed by atoms with Gasteiger partial charge < -0.3 is 15.6 Å². The van der Waals surface area contributed by atoms with E-state index >= 15 is 0 Å². The van der Waals surface area contributed by atoms with E-state index in [2.05, 4.69) is 15.6 Å². The number of benzene rings is 2. The van der Waals surface area contributed by atoms with E-state index in [0.29, 0.717) is 15.8 Å². The molecule has 0 aliphatic rings. The molecule has 2 amide bonds. The second-order valence-corrected chi connectivity index (χ2v) is 10.9. The highest BCUT2D eigenvalue weighted by molar-refractivity contribution is 7.92. The average molecular weight is 538 g/mol. The Labute approximate surface area is 206 Å². The molecular weight excluding hydrogens is 521 g/mol. The standard InChI is InChI=1S/C21H17ClFN5O5S2/c1-10-7-17(34-18(10)22)35(32,33)27-20(30)25-12-4-6-16(14(23)8-12)28-19(29)13-5-3-11(24-2)9-15(13)26-21(28)31/h3-9,24H,1-2H3,(H,26,31)(H2,25,27,30). The molecule has 4 aromatic rings. The summed E-state index contributed by atoms with van der Waals surface area (Å²) >= 11 is 6.67. The number of carbonyl (C=O) groups is 1. The van der Waals surface area contributed by atoms with Gasteiger partial charge in [-0.3, -0.25) is 4.79 Å². The van der Waals surface area contributed by atoms with Crippen LogP contribution in [0.3, 0.4) is 0 Å². The summed E-state index contributed by atoms with van der Waals surface area (Å²) in [7, 11) is -2.52. The Kier molecular flexibility index (Phi) is 6.40. The lowest BCUT2D eigenvalue weighted by Crippen LogP contribution is -2.35. The number of urea groups is 1. The van der Waals surface area contributed by atoms with Gasteiger partial charge in [0.25, 0.3) is 15.6 Å². The molecule has 14 heteroatoms. The third kappa shape index (κ3) is 4.78. The number of halogens is 2. The van der Waals surface area contributed by atoms with Gasteiger partial charge in [0.05, 0.1) is 20.9 Å². The van der Waals surface area contributed by atoms with Crippen LogP contribution in [0.25, 0.3) is 16.6 Å². The second-order valence-electron chi connectivity index (χ2n) is 7.33. The molecule has 10 nitrogen and oxygen atoms in total. The van der Waals surface area contributed by atoms with Crippen LogP contribution in [-0.4, -0.2) is 31.0 Å². The fourth-order valence-electron chi connectivity index (χ4n) is 3.25. The van der Waals surface area contributed by atoms with Gasteiger partial charge in [0.1, 0.15) is 10.0 Å². The molecule has 2 heterocycles. The normalized spacial score (nSPS) is 11.4. The van der Waals surface area contributed by atoms with E-state index in [-0.39, 0.29) is 30.8 Å². The third-order valence-corrected chi connectivity index (χ3v) is 8.32. The molecule has 4 rings (SSSR count). The molecule has 0 fully saturated rings. The third-order valence-electron chi connectivity index (χ3n) is 4.96. The first-order valence-electron chi connectivity index (χ1n) is 9.86. The van der Waals surface area contributed by atoms with Crippen molar-refractivity contribution in [3.63, 3.8) is 0 Å². The maximum absolute atomic E-state index is 14.9. The molecule has 4 N–H and O–H groups in total. The van der Waals surface area contributed by atoms with Crippen molar-refractivity contribution in [2.75, 3.05) is 17.7 Å². The number of hydrogen-bond donors (Lipinski definition) is 4. The van der Waals surface area contributed by atoms with Crippen molar-refractivity contribution in [1.29, 1.82) is 0 Å². The van der Waals surface area contributed by atoms with Crippen LogP contribution in [0.1, 0.15) is 5.56 Å². The number of anilines is 2. The zero-order valence-corrected chi connectivity index (χ0v) is 20.5. The Morgan fingerprint density at radius 3 is 2.46 bits per heavy atom. The number of aryl methyl sites for hydroxylation is 1. The molecule has 0 bridgehead atoms. The van der Waals surface area contributed by atoms with Crippen molar-refractivity contribution >= 4 is 61.3 Å². The van der Waals surface area contributed by atoms with Crippen LogP contribution in [0, 0.1) is 12.7 Å². The summed E-state index contributed by atoms with van der Waals surface area (Å²) in [5.41, 5.74) is -0.562. The molecule has 2 aromatic heterocycles. The largest absolute Gasteiger partial charge is 0.388 e.